The number of pyridine rings is 1. The molecule has 4 nitrogen and oxygen atoms in total. The summed E-state index contributed by atoms with van der Waals surface area (Å²) in [6.07, 6.45) is 6.96. The molecule has 1 fully saturated rings. The molecule has 1 aromatic rings. The van der Waals surface area contributed by atoms with Crippen molar-refractivity contribution in [1.82, 2.24) is 9.88 Å². The van der Waals surface area contributed by atoms with Crippen molar-refractivity contribution in [3.63, 3.8) is 0 Å². The van der Waals surface area contributed by atoms with E-state index >= 15 is 0 Å². The largest absolute Gasteiger partial charge is 0.383 e. The molecular weight excluding hydrogens is 238 g/mol. The molecule has 19 heavy (non-hydrogen) atoms. The normalized spacial score (nSPS) is 14.2. The second kappa shape index (κ2) is 6.55. The summed E-state index contributed by atoms with van der Waals surface area (Å²) in [7, 11) is 0. The molecule has 1 aromatic heterocycles. The van der Waals surface area contributed by atoms with Gasteiger partial charge in [-0.15, -0.1) is 0 Å². The van der Waals surface area contributed by atoms with Crippen LogP contribution in [0.15, 0.2) is 18.5 Å². The predicted octanol–water partition coefficient (Wildman–Crippen LogP) is 2.78. The maximum absolute atomic E-state index is 12.7. The summed E-state index contributed by atoms with van der Waals surface area (Å²) in [6, 6.07) is 1.82. The maximum atomic E-state index is 12.7. The van der Waals surface area contributed by atoms with Crippen molar-refractivity contribution in [2.75, 3.05) is 25.0 Å². The lowest BCUT2D eigenvalue weighted by Crippen LogP contribution is -2.34. The van der Waals surface area contributed by atoms with E-state index in [1.165, 1.54) is 12.8 Å². The fourth-order valence-corrected chi connectivity index (χ4v) is 2.24. The highest BCUT2D eigenvalue weighted by molar-refractivity contribution is 5.99. The first-order valence-corrected chi connectivity index (χ1v) is 7.23. The number of nitrogens with zero attached hydrogens (tertiary/aromatic N) is 2. The Morgan fingerprint density at radius 1 is 1.47 bits per heavy atom. The van der Waals surface area contributed by atoms with E-state index in [4.69, 9.17) is 0 Å². The van der Waals surface area contributed by atoms with Crippen LogP contribution in [0.4, 0.5) is 5.69 Å². The minimum Gasteiger partial charge on any atom is -0.383 e. The van der Waals surface area contributed by atoms with Gasteiger partial charge in [0, 0.05) is 25.8 Å². The quantitative estimate of drug-likeness (QED) is 0.821. The van der Waals surface area contributed by atoms with E-state index in [0.717, 1.165) is 43.2 Å². The second-order valence-corrected chi connectivity index (χ2v) is 5.15. The van der Waals surface area contributed by atoms with Gasteiger partial charge in [-0.1, -0.05) is 6.92 Å². The molecule has 0 aromatic carbocycles. The molecule has 1 heterocycles. The van der Waals surface area contributed by atoms with Crippen LogP contribution in [0.2, 0.25) is 0 Å². The van der Waals surface area contributed by atoms with Crippen LogP contribution in [0.1, 0.15) is 43.5 Å². The highest BCUT2D eigenvalue weighted by atomic mass is 16.2. The number of carbonyl (C=O) groups is 1. The molecular formula is C15H23N3O. The molecule has 0 bridgehead atoms. The zero-order valence-corrected chi connectivity index (χ0v) is 11.9. The molecule has 0 unspecified atom stereocenters. The monoisotopic (exact) mass is 261 g/mol. The van der Waals surface area contributed by atoms with Crippen LogP contribution in [0.25, 0.3) is 0 Å². The van der Waals surface area contributed by atoms with E-state index < -0.39 is 0 Å². The van der Waals surface area contributed by atoms with Crippen LogP contribution in [-0.4, -0.2) is 35.4 Å². The van der Waals surface area contributed by atoms with Crippen LogP contribution in [0.3, 0.4) is 0 Å². The Hall–Kier alpha value is -1.58. The summed E-state index contributed by atoms with van der Waals surface area (Å²) in [4.78, 5) is 18.7. The van der Waals surface area contributed by atoms with E-state index in [2.05, 4.69) is 17.2 Å². The lowest BCUT2D eigenvalue weighted by Gasteiger charge is -2.23. The van der Waals surface area contributed by atoms with Crippen LogP contribution < -0.4 is 5.32 Å². The number of nitrogens with one attached hydrogen (secondary N) is 1. The summed E-state index contributed by atoms with van der Waals surface area (Å²) in [5, 5.41) is 3.21. The third-order valence-electron chi connectivity index (χ3n) is 3.37. The first-order chi connectivity index (χ1) is 9.26. The summed E-state index contributed by atoms with van der Waals surface area (Å²) in [5.74, 6) is 0.854. The Morgan fingerprint density at radius 2 is 2.26 bits per heavy atom. The highest BCUT2D eigenvalue weighted by Crippen LogP contribution is 2.30. The lowest BCUT2D eigenvalue weighted by molar-refractivity contribution is 0.0748. The minimum absolute atomic E-state index is 0.132. The molecule has 0 saturated heterocycles. The third-order valence-corrected chi connectivity index (χ3v) is 3.37. The van der Waals surface area contributed by atoms with Crippen molar-refractivity contribution in [1.29, 1.82) is 0 Å². The van der Waals surface area contributed by atoms with Gasteiger partial charge in [-0.05, 0) is 38.2 Å². The minimum atomic E-state index is 0.132. The predicted molar refractivity (Wildman–Crippen MR) is 77.3 cm³/mol. The number of amides is 1. The second-order valence-electron chi connectivity index (χ2n) is 5.15. The van der Waals surface area contributed by atoms with Crippen LogP contribution in [0.5, 0.6) is 0 Å². The summed E-state index contributed by atoms with van der Waals surface area (Å²) < 4.78 is 0. The zero-order valence-electron chi connectivity index (χ0n) is 11.9. The van der Waals surface area contributed by atoms with Gasteiger partial charge in [0.15, 0.2) is 0 Å². The van der Waals surface area contributed by atoms with Crippen molar-refractivity contribution >= 4 is 11.6 Å². The van der Waals surface area contributed by atoms with Gasteiger partial charge in [0.05, 0.1) is 17.4 Å². The molecule has 0 atom stereocenters. The molecule has 1 aliphatic rings. The number of carbonyl (C=O) groups excluding carboxylic acids is 1. The fourth-order valence-electron chi connectivity index (χ4n) is 2.24. The van der Waals surface area contributed by atoms with Crippen LogP contribution in [0, 0.1) is 5.92 Å². The molecule has 104 valence electrons. The van der Waals surface area contributed by atoms with Crippen LogP contribution >= 0.6 is 0 Å². The molecule has 1 saturated carbocycles. The SMILES string of the molecule is CCCN(CC1CC1)C(=O)c1ccncc1NCC. The van der Waals surface area contributed by atoms with Gasteiger partial charge in [-0.25, -0.2) is 0 Å². The Kier molecular flexibility index (Phi) is 4.77. The van der Waals surface area contributed by atoms with Crippen molar-refractivity contribution in [3.8, 4) is 0 Å². The number of aromatic nitrogens is 1. The van der Waals surface area contributed by atoms with E-state index in [-0.39, 0.29) is 5.91 Å². The zero-order chi connectivity index (χ0) is 13.7. The highest BCUT2D eigenvalue weighted by Gasteiger charge is 2.27. The fraction of sp³-hybridized carbons (Fsp3) is 0.600. The third kappa shape index (κ3) is 3.69. The van der Waals surface area contributed by atoms with Gasteiger partial charge >= 0.3 is 0 Å². The smallest absolute Gasteiger partial charge is 0.256 e. The van der Waals surface area contributed by atoms with Crippen molar-refractivity contribution in [3.05, 3.63) is 24.0 Å². The lowest BCUT2D eigenvalue weighted by atomic mass is 10.1. The van der Waals surface area contributed by atoms with Crippen molar-refractivity contribution < 1.29 is 4.79 Å². The molecule has 0 radical (unpaired) electrons. The van der Waals surface area contributed by atoms with Crippen LogP contribution in [-0.2, 0) is 0 Å². The molecule has 1 amide bonds. The van der Waals surface area contributed by atoms with Gasteiger partial charge in [0.1, 0.15) is 0 Å². The van der Waals surface area contributed by atoms with E-state index in [0.29, 0.717) is 0 Å². The summed E-state index contributed by atoms with van der Waals surface area (Å²) in [6.45, 7) is 6.67. The van der Waals surface area contributed by atoms with Gasteiger partial charge in [0.2, 0.25) is 0 Å². The average Bonchev–Trinajstić information content (AvgIpc) is 3.22. The number of hydrogen-bond donors (Lipinski definition) is 1. The van der Waals surface area contributed by atoms with E-state index in [9.17, 15) is 4.79 Å². The van der Waals surface area contributed by atoms with Gasteiger partial charge in [-0.3, -0.25) is 9.78 Å². The van der Waals surface area contributed by atoms with Gasteiger partial charge in [0.25, 0.3) is 5.91 Å². The molecule has 4 heteroatoms. The molecule has 0 spiro atoms. The first-order valence-electron chi connectivity index (χ1n) is 7.23. The number of anilines is 1. The maximum Gasteiger partial charge on any atom is 0.256 e. The summed E-state index contributed by atoms with van der Waals surface area (Å²) >= 11 is 0. The first kappa shape index (κ1) is 13.8. The Morgan fingerprint density at radius 3 is 2.89 bits per heavy atom. The average molecular weight is 261 g/mol. The standard InChI is InChI=1S/C15H23N3O/c1-3-9-18(11-12-5-6-12)15(19)13-7-8-16-10-14(13)17-4-2/h7-8,10,12,17H,3-6,9,11H2,1-2H3. The van der Waals surface area contributed by atoms with Crippen molar-refractivity contribution in [2.24, 2.45) is 5.92 Å². The topological polar surface area (TPSA) is 45.2 Å². The van der Waals surface area contributed by atoms with Gasteiger partial charge < -0.3 is 10.2 Å². The summed E-state index contributed by atoms with van der Waals surface area (Å²) in [5.41, 5.74) is 1.58. The number of hydrogen-bond acceptors (Lipinski definition) is 3. The molecule has 1 aliphatic carbocycles. The van der Waals surface area contributed by atoms with E-state index in [1.54, 1.807) is 12.4 Å². The Bertz CT molecular complexity index is 429. The van der Waals surface area contributed by atoms with E-state index in [1.807, 2.05) is 17.9 Å². The number of rotatable bonds is 7. The molecule has 2 rings (SSSR count). The Balaban J connectivity index is 2.14. The van der Waals surface area contributed by atoms with Gasteiger partial charge in [-0.2, -0.15) is 0 Å². The molecule has 0 aliphatic heterocycles. The molecule has 1 N–H and O–H groups in total. The van der Waals surface area contributed by atoms with Crippen molar-refractivity contribution in [2.45, 2.75) is 33.1 Å². The Labute approximate surface area is 115 Å².